The second kappa shape index (κ2) is 8.68. The Morgan fingerprint density at radius 1 is 1.24 bits per heavy atom. The van der Waals surface area contributed by atoms with Crippen LogP contribution in [0.15, 0.2) is 24.3 Å². The topological polar surface area (TPSA) is 67.6 Å². The molecule has 2 atom stereocenters. The molecule has 5 nitrogen and oxygen atoms in total. The summed E-state index contributed by atoms with van der Waals surface area (Å²) in [7, 11) is 1.68. The van der Waals surface area contributed by atoms with Gasteiger partial charge in [0.2, 0.25) is 5.91 Å². The summed E-state index contributed by atoms with van der Waals surface area (Å²) >= 11 is 0. The minimum Gasteiger partial charge on any atom is -0.496 e. The molecule has 0 unspecified atom stereocenters. The molecule has 1 aromatic rings. The second-order valence-corrected chi connectivity index (χ2v) is 7.38. The van der Waals surface area contributed by atoms with Crippen molar-refractivity contribution in [3.63, 3.8) is 0 Å². The van der Waals surface area contributed by atoms with E-state index in [1.54, 1.807) is 7.11 Å². The zero-order chi connectivity index (χ0) is 17.6. The van der Waals surface area contributed by atoms with Crippen LogP contribution < -0.4 is 15.8 Å². The SMILES string of the molecule is COc1ccccc1CCNC(=O)C[C@@H]1CC[C@H](CN)N1CC1CC1. The first-order valence-electron chi connectivity index (χ1n) is 9.55. The molecule has 0 aromatic heterocycles. The van der Waals surface area contributed by atoms with Gasteiger partial charge >= 0.3 is 0 Å². The summed E-state index contributed by atoms with van der Waals surface area (Å²) < 4.78 is 5.36. The fourth-order valence-electron chi connectivity index (χ4n) is 3.92. The highest BCUT2D eigenvalue weighted by Crippen LogP contribution is 2.35. The Kier molecular flexibility index (Phi) is 6.32. The molecule has 1 amide bonds. The molecule has 1 aliphatic heterocycles. The molecule has 1 aliphatic carbocycles. The first-order chi connectivity index (χ1) is 12.2. The van der Waals surface area contributed by atoms with Crippen molar-refractivity contribution in [3.8, 4) is 5.75 Å². The van der Waals surface area contributed by atoms with Crippen molar-refractivity contribution in [2.45, 2.75) is 50.6 Å². The Bertz CT molecular complexity index is 574. The summed E-state index contributed by atoms with van der Waals surface area (Å²) in [4.78, 5) is 14.9. The molecule has 1 heterocycles. The van der Waals surface area contributed by atoms with Crippen LogP contribution in [0.25, 0.3) is 0 Å². The minimum absolute atomic E-state index is 0.151. The maximum Gasteiger partial charge on any atom is 0.221 e. The van der Waals surface area contributed by atoms with Gasteiger partial charge in [0, 0.05) is 38.1 Å². The van der Waals surface area contributed by atoms with Crippen LogP contribution in [0.5, 0.6) is 5.75 Å². The Balaban J connectivity index is 1.45. The van der Waals surface area contributed by atoms with E-state index in [1.807, 2.05) is 24.3 Å². The molecule has 2 fully saturated rings. The van der Waals surface area contributed by atoms with Crippen LogP contribution in [0.2, 0.25) is 0 Å². The smallest absolute Gasteiger partial charge is 0.221 e. The van der Waals surface area contributed by atoms with E-state index in [4.69, 9.17) is 10.5 Å². The van der Waals surface area contributed by atoms with E-state index in [9.17, 15) is 4.79 Å². The lowest BCUT2D eigenvalue weighted by Gasteiger charge is -2.29. The highest BCUT2D eigenvalue weighted by atomic mass is 16.5. The monoisotopic (exact) mass is 345 g/mol. The maximum atomic E-state index is 12.4. The van der Waals surface area contributed by atoms with Crippen molar-refractivity contribution in [2.75, 3.05) is 26.7 Å². The summed E-state index contributed by atoms with van der Waals surface area (Å²) in [6.07, 6.45) is 6.28. The van der Waals surface area contributed by atoms with Gasteiger partial charge in [-0.1, -0.05) is 18.2 Å². The fraction of sp³-hybridized carbons (Fsp3) is 0.650. The number of nitrogens with one attached hydrogen (secondary N) is 1. The third-order valence-electron chi connectivity index (χ3n) is 5.54. The molecule has 138 valence electrons. The molecule has 0 spiro atoms. The lowest BCUT2D eigenvalue weighted by atomic mass is 10.1. The Labute approximate surface area is 150 Å². The molecular formula is C20H31N3O2. The quantitative estimate of drug-likeness (QED) is 0.718. The molecule has 1 aromatic carbocycles. The molecule has 3 rings (SSSR count). The van der Waals surface area contributed by atoms with E-state index in [-0.39, 0.29) is 5.91 Å². The molecule has 3 N–H and O–H groups in total. The lowest BCUT2D eigenvalue weighted by Crippen LogP contribution is -2.43. The third kappa shape index (κ3) is 4.95. The summed E-state index contributed by atoms with van der Waals surface area (Å²) in [5.74, 6) is 1.87. The van der Waals surface area contributed by atoms with Gasteiger partial charge in [0.15, 0.2) is 0 Å². The van der Waals surface area contributed by atoms with Crippen molar-refractivity contribution in [2.24, 2.45) is 11.7 Å². The number of benzene rings is 1. The van der Waals surface area contributed by atoms with E-state index in [1.165, 1.54) is 12.8 Å². The summed E-state index contributed by atoms with van der Waals surface area (Å²) in [5, 5.41) is 3.08. The van der Waals surface area contributed by atoms with Crippen LogP contribution >= 0.6 is 0 Å². The number of hydrogen-bond donors (Lipinski definition) is 2. The normalized spacial score (nSPS) is 23.6. The number of likely N-dealkylation sites (tertiary alicyclic amines) is 1. The number of rotatable bonds is 9. The van der Waals surface area contributed by atoms with Crippen molar-refractivity contribution in [1.29, 1.82) is 0 Å². The van der Waals surface area contributed by atoms with Gasteiger partial charge in [-0.05, 0) is 49.7 Å². The van der Waals surface area contributed by atoms with Crippen molar-refractivity contribution in [3.05, 3.63) is 29.8 Å². The van der Waals surface area contributed by atoms with E-state index < -0.39 is 0 Å². The van der Waals surface area contributed by atoms with Gasteiger partial charge in [0.1, 0.15) is 5.75 Å². The van der Waals surface area contributed by atoms with Gasteiger partial charge < -0.3 is 15.8 Å². The molecular weight excluding hydrogens is 314 g/mol. The summed E-state index contributed by atoms with van der Waals surface area (Å²) in [6, 6.07) is 8.79. The third-order valence-corrected chi connectivity index (χ3v) is 5.54. The van der Waals surface area contributed by atoms with Gasteiger partial charge in [0.05, 0.1) is 7.11 Å². The number of ether oxygens (including phenoxy) is 1. The molecule has 5 heteroatoms. The lowest BCUT2D eigenvalue weighted by molar-refractivity contribution is -0.122. The maximum absolute atomic E-state index is 12.4. The highest BCUT2D eigenvalue weighted by Gasteiger charge is 2.37. The average molecular weight is 345 g/mol. The van der Waals surface area contributed by atoms with Gasteiger partial charge in [-0.15, -0.1) is 0 Å². The second-order valence-electron chi connectivity index (χ2n) is 7.38. The molecule has 1 saturated heterocycles. The number of amides is 1. The number of nitrogens with zero attached hydrogens (tertiary/aromatic N) is 1. The fourth-order valence-corrected chi connectivity index (χ4v) is 3.92. The molecule has 0 bridgehead atoms. The Hall–Kier alpha value is -1.59. The van der Waals surface area contributed by atoms with Crippen LogP contribution in [0.1, 0.15) is 37.7 Å². The largest absolute Gasteiger partial charge is 0.496 e. The van der Waals surface area contributed by atoms with Crippen molar-refractivity contribution < 1.29 is 9.53 Å². The Morgan fingerprint density at radius 3 is 2.72 bits per heavy atom. The van der Waals surface area contributed by atoms with Crippen molar-refractivity contribution >= 4 is 5.91 Å². The first-order valence-corrected chi connectivity index (χ1v) is 9.55. The molecule has 0 radical (unpaired) electrons. The van der Waals surface area contributed by atoms with Crippen molar-refractivity contribution in [1.82, 2.24) is 10.2 Å². The van der Waals surface area contributed by atoms with Gasteiger partial charge in [0.25, 0.3) is 0 Å². The minimum atomic E-state index is 0.151. The van der Waals surface area contributed by atoms with E-state index in [0.717, 1.165) is 43.0 Å². The number of para-hydroxylation sites is 1. The average Bonchev–Trinajstić information content (AvgIpc) is 3.37. The number of hydrogen-bond acceptors (Lipinski definition) is 4. The van der Waals surface area contributed by atoms with Crippen LogP contribution in [0.4, 0.5) is 0 Å². The summed E-state index contributed by atoms with van der Waals surface area (Å²) in [6.45, 7) is 2.48. The zero-order valence-corrected chi connectivity index (χ0v) is 15.2. The molecule has 1 saturated carbocycles. The standard InChI is InChI=1S/C20H31N3O2/c1-25-19-5-3-2-4-16(19)10-11-22-20(24)12-17-8-9-18(13-21)23(17)14-15-6-7-15/h2-5,15,17-18H,6-14,21H2,1H3,(H,22,24)/t17-,18+/m0/s1. The number of carbonyl (C=O) groups excluding carboxylic acids is 1. The van der Waals surface area contributed by atoms with Gasteiger partial charge in [-0.25, -0.2) is 0 Å². The number of nitrogens with two attached hydrogens (primary N) is 1. The number of carbonyl (C=O) groups is 1. The van der Waals surface area contributed by atoms with Crippen LogP contribution in [0.3, 0.4) is 0 Å². The predicted octanol–water partition coefficient (Wildman–Crippen LogP) is 1.95. The Morgan fingerprint density at radius 2 is 2.00 bits per heavy atom. The van der Waals surface area contributed by atoms with Gasteiger partial charge in [-0.3, -0.25) is 9.69 Å². The van der Waals surface area contributed by atoms with Crippen LogP contribution in [0, 0.1) is 5.92 Å². The predicted molar refractivity (Wildman–Crippen MR) is 99.6 cm³/mol. The first kappa shape index (κ1) is 18.2. The van der Waals surface area contributed by atoms with Crippen LogP contribution in [-0.2, 0) is 11.2 Å². The molecule has 2 aliphatic rings. The molecule has 25 heavy (non-hydrogen) atoms. The highest BCUT2D eigenvalue weighted by molar-refractivity contribution is 5.76. The van der Waals surface area contributed by atoms with Gasteiger partial charge in [-0.2, -0.15) is 0 Å². The van der Waals surface area contributed by atoms with Crippen LogP contribution in [-0.4, -0.2) is 49.6 Å². The van der Waals surface area contributed by atoms with E-state index in [0.29, 0.717) is 31.6 Å². The number of methoxy groups -OCH3 is 1. The van der Waals surface area contributed by atoms with E-state index in [2.05, 4.69) is 10.2 Å². The van der Waals surface area contributed by atoms with E-state index >= 15 is 0 Å². The zero-order valence-electron chi connectivity index (χ0n) is 15.2. The summed E-state index contributed by atoms with van der Waals surface area (Å²) in [5.41, 5.74) is 7.06.